The Labute approximate surface area is 174 Å². The molecule has 3 rings (SSSR count). The number of aromatic nitrogens is 2. The Balaban J connectivity index is 1.63. The lowest BCUT2D eigenvalue weighted by Crippen LogP contribution is -2.21. The Morgan fingerprint density at radius 3 is 2.59 bits per heavy atom. The van der Waals surface area contributed by atoms with E-state index in [1.807, 2.05) is 57.2 Å². The third-order valence-corrected chi connectivity index (χ3v) is 5.70. The van der Waals surface area contributed by atoms with Gasteiger partial charge in [-0.25, -0.2) is 9.48 Å². The van der Waals surface area contributed by atoms with Crippen molar-refractivity contribution in [1.82, 2.24) is 9.78 Å². The van der Waals surface area contributed by atoms with Crippen molar-refractivity contribution in [1.29, 1.82) is 0 Å². The van der Waals surface area contributed by atoms with E-state index in [1.54, 1.807) is 4.68 Å². The highest BCUT2D eigenvalue weighted by Crippen LogP contribution is 2.24. The molecule has 3 aromatic rings. The average Bonchev–Trinajstić information content (AvgIpc) is 3.21. The summed E-state index contributed by atoms with van der Waals surface area (Å²) in [6.45, 7) is 7.47. The fourth-order valence-electron chi connectivity index (χ4n) is 3.16. The normalized spacial score (nSPS) is 10.8. The number of benzene rings is 1. The zero-order valence-electron chi connectivity index (χ0n) is 17.1. The van der Waals surface area contributed by atoms with Crippen molar-refractivity contribution in [3.8, 4) is 5.69 Å². The van der Waals surface area contributed by atoms with Crippen LogP contribution < -0.4 is 5.32 Å². The molecule has 1 N–H and O–H groups in total. The fraction of sp³-hybridized carbons (Fsp3) is 0.318. The highest BCUT2D eigenvalue weighted by molar-refractivity contribution is 7.14. The number of rotatable bonds is 7. The monoisotopic (exact) mass is 411 g/mol. The number of para-hydroxylation sites is 1. The van der Waals surface area contributed by atoms with E-state index in [4.69, 9.17) is 4.74 Å². The maximum Gasteiger partial charge on any atom is 0.348 e. The van der Waals surface area contributed by atoms with Crippen LogP contribution in [0.5, 0.6) is 0 Å². The van der Waals surface area contributed by atoms with Gasteiger partial charge in [-0.05, 0) is 51.0 Å². The van der Waals surface area contributed by atoms with Gasteiger partial charge in [0.2, 0.25) is 0 Å². The molecule has 2 heterocycles. The van der Waals surface area contributed by atoms with E-state index in [2.05, 4.69) is 17.3 Å². The smallest absolute Gasteiger partial charge is 0.348 e. The molecular weight excluding hydrogens is 386 g/mol. The van der Waals surface area contributed by atoms with Crippen molar-refractivity contribution in [3.05, 3.63) is 63.1 Å². The quantitative estimate of drug-likeness (QED) is 0.576. The van der Waals surface area contributed by atoms with Crippen LogP contribution in [-0.2, 0) is 16.0 Å². The Morgan fingerprint density at radius 2 is 1.90 bits per heavy atom. The van der Waals surface area contributed by atoms with Gasteiger partial charge in [-0.1, -0.05) is 31.5 Å². The molecular formula is C22H25N3O3S. The number of esters is 1. The van der Waals surface area contributed by atoms with Gasteiger partial charge in [-0.2, -0.15) is 5.10 Å². The second-order valence-electron chi connectivity index (χ2n) is 6.86. The van der Waals surface area contributed by atoms with Gasteiger partial charge in [-0.15, -0.1) is 11.3 Å². The lowest BCUT2D eigenvalue weighted by molar-refractivity contribution is -0.119. The second kappa shape index (κ2) is 9.05. The molecule has 0 saturated heterocycles. The molecule has 0 spiro atoms. The lowest BCUT2D eigenvalue weighted by atomic mass is 10.1. The topological polar surface area (TPSA) is 73.2 Å². The van der Waals surface area contributed by atoms with Crippen molar-refractivity contribution in [2.45, 2.75) is 40.5 Å². The van der Waals surface area contributed by atoms with Gasteiger partial charge in [0, 0.05) is 4.88 Å². The van der Waals surface area contributed by atoms with Gasteiger partial charge in [0.25, 0.3) is 5.91 Å². The number of aryl methyl sites for hydroxylation is 3. The first-order chi connectivity index (χ1) is 13.9. The molecule has 0 bridgehead atoms. The lowest BCUT2D eigenvalue weighted by Gasteiger charge is -2.07. The van der Waals surface area contributed by atoms with Gasteiger partial charge in [0.1, 0.15) is 4.88 Å². The molecule has 152 valence electrons. The second-order valence-corrected chi connectivity index (χ2v) is 8.12. The molecule has 0 aliphatic rings. The van der Waals surface area contributed by atoms with E-state index in [1.165, 1.54) is 11.3 Å². The minimum Gasteiger partial charge on any atom is -0.451 e. The molecule has 1 aromatic carbocycles. The highest BCUT2D eigenvalue weighted by Gasteiger charge is 2.18. The summed E-state index contributed by atoms with van der Waals surface area (Å²) in [5, 5.41) is 7.32. The van der Waals surface area contributed by atoms with E-state index in [0.717, 1.165) is 34.7 Å². The van der Waals surface area contributed by atoms with E-state index < -0.39 is 5.97 Å². The summed E-state index contributed by atoms with van der Waals surface area (Å²) in [5.74, 6) is -0.858. The van der Waals surface area contributed by atoms with Gasteiger partial charge in [-0.3, -0.25) is 4.79 Å². The minimum absolute atomic E-state index is 0.339. The van der Waals surface area contributed by atoms with Crippen molar-refractivity contribution >= 4 is 28.9 Å². The van der Waals surface area contributed by atoms with Crippen molar-refractivity contribution in [3.63, 3.8) is 0 Å². The summed E-state index contributed by atoms with van der Waals surface area (Å²) in [6, 6.07) is 11.6. The van der Waals surface area contributed by atoms with E-state index in [-0.39, 0.29) is 12.5 Å². The zero-order chi connectivity index (χ0) is 21.0. The van der Waals surface area contributed by atoms with Gasteiger partial charge < -0.3 is 10.1 Å². The number of thiophene rings is 1. The van der Waals surface area contributed by atoms with Crippen LogP contribution in [-0.4, -0.2) is 28.3 Å². The third kappa shape index (κ3) is 4.74. The largest absolute Gasteiger partial charge is 0.451 e. The predicted octanol–water partition coefficient (Wildman–Crippen LogP) is 4.61. The number of hydrogen-bond acceptors (Lipinski definition) is 5. The molecule has 0 atom stereocenters. The molecule has 0 fully saturated rings. The number of nitrogens with one attached hydrogen (secondary N) is 1. The summed E-state index contributed by atoms with van der Waals surface area (Å²) >= 11 is 1.40. The Kier molecular flexibility index (Phi) is 6.49. The SMILES string of the molecule is CCCc1cc(C(=O)OCC(=O)Nc2c(C)nn(-c3ccccc3)c2C)sc1C. The summed E-state index contributed by atoms with van der Waals surface area (Å²) in [4.78, 5) is 26.3. The van der Waals surface area contributed by atoms with Crippen LogP contribution in [0.4, 0.5) is 5.69 Å². The predicted molar refractivity (Wildman–Crippen MR) is 115 cm³/mol. The zero-order valence-corrected chi connectivity index (χ0v) is 17.9. The summed E-state index contributed by atoms with van der Waals surface area (Å²) in [5.41, 5.74) is 4.21. The maximum atomic E-state index is 12.4. The van der Waals surface area contributed by atoms with Crippen LogP contribution in [0, 0.1) is 20.8 Å². The molecule has 6 nitrogen and oxygen atoms in total. The summed E-state index contributed by atoms with van der Waals surface area (Å²) in [7, 11) is 0. The molecule has 0 aliphatic carbocycles. The molecule has 0 saturated carbocycles. The van der Waals surface area contributed by atoms with Crippen LogP contribution in [0.2, 0.25) is 0 Å². The van der Waals surface area contributed by atoms with E-state index >= 15 is 0 Å². The van der Waals surface area contributed by atoms with Crippen LogP contribution in [0.1, 0.15) is 44.8 Å². The maximum absolute atomic E-state index is 12.4. The van der Waals surface area contributed by atoms with Crippen LogP contribution >= 0.6 is 11.3 Å². The number of carbonyl (C=O) groups excluding carboxylic acids is 2. The number of amides is 1. The molecule has 0 unspecified atom stereocenters. The first-order valence-corrected chi connectivity index (χ1v) is 10.4. The van der Waals surface area contributed by atoms with Crippen molar-refractivity contribution < 1.29 is 14.3 Å². The standard InChI is InChI=1S/C22H25N3O3S/c1-5-9-17-12-19(29-16(17)4)22(27)28-13-20(26)23-21-14(2)24-25(15(21)3)18-10-7-6-8-11-18/h6-8,10-12H,5,9,13H2,1-4H3,(H,23,26). The van der Waals surface area contributed by atoms with Crippen LogP contribution in [0.25, 0.3) is 5.69 Å². The molecule has 1 amide bonds. The first-order valence-electron chi connectivity index (χ1n) is 9.58. The molecule has 7 heteroatoms. The summed E-state index contributed by atoms with van der Waals surface area (Å²) < 4.78 is 6.99. The molecule has 0 aliphatic heterocycles. The fourth-order valence-corrected chi connectivity index (χ4v) is 4.13. The number of hydrogen-bond donors (Lipinski definition) is 1. The first kappa shape index (κ1) is 20.8. The Morgan fingerprint density at radius 1 is 1.17 bits per heavy atom. The minimum atomic E-state index is -0.468. The highest BCUT2D eigenvalue weighted by atomic mass is 32.1. The van der Waals surface area contributed by atoms with E-state index in [0.29, 0.717) is 16.3 Å². The number of nitrogens with zero attached hydrogens (tertiary/aromatic N) is 2. The van der Waals surface area contributed by atoms with Gasteiger partial charge in [0.15, 0.2) is 6.61 Å². The molecule has 2 aromatic heterocycles. The molecule has 29 heavy (non-hydrogen) atoms. The Bertz CT molecular complexity index is 1020. The van der Waals surface area contributed by atoms with Crippen LogP contribution in [0.15, 0.2) is 36.4 Å². The average molecular weight is 412 g/mol. The third-order valence-electron chi connectivity index (χ3n) is 4.63. The Hall–Kier alpha value is -2.93. The number of carbonyl (C=O) groups is 2. The number of anilines is 1. The van der Waals surface area contributed by atoms with Gasteiger partial charge in [0.05, 0.1) is 22.8 Å². The van der Waals surface area contributed by atoms with Gasteiger partial charge >= 0.3 is 5.97 Å². The summed E-state index contributed by atoms with van der Waals surface area (Å²) in [6.07, 6.45) is 1.95. The van der Waals surface area contributed by atoms with Crippen LogP contribution in [0.3, 0.4) is 0 Å². The van der Waals surface area contributed by atoms with Crippen molar-refractivity contribution in [2.75, 3.05) is 11.9 Å². The molecule has 0 radical (unpaired) electrons. The van der Waals surface area contributed by atoms with Crippen molar-refractivity contribution in [2.24, 2.45) is 0 Å². The number of ether oxygens (including phenoxy) is 1. The van der Waals surface area contributed by atoms with E-state index in [9.17, 15) is 9.59 Å².